The third-order valence-electron chi connectivity index (χ3n) is 6.68. The SMILES string of the molecule is C#CC1(OC(=O)OC2(C#C)OC(n3cnc4c(N)nc(F)nc43)CC2O)OC(n2cnc3c(N)nc(F)nc32)CC1O. The van der Waals surface area contributed by atoms with Gasteiger partial charge in [-0.1, -0.05) is 0 Å². The number of aliphatic hydroxyl groups is 2. The van der Waals surface area contributed by atoms with Crippen LogP contribution in [0.2, 0.25) is 0 Å². The van der Waals surface area contributed by atoms with E-state index >= 15 is 0 Å². The summed E-state index contributed by atoms with van der Waals surface area (Å²) in [4.78, 5) is 35.0. The van der Waals surface area contributed by atoms with Gasteiger partial charge in [-0.3, -0.25) is 9.13 Å². The first kappa shape index (κ1) is 27.0. The van der Waals surface area contributed by atoms with Crippen molar-refractivity contribution in [3.05, 3.63) is 24.8 Å². The monoisotopic (exact) mass is 584 g/mol. The van der Waals surface area contributed by atoms with Crippen molar-refractivity contribution >= 4 is 40.1 Å². The summed E-state index contributed by atoms with van der Waals surface area (Å²) < 4.78 is 51.8. The second-order valence-electron chi connectivity index (χ2n) is 9.13. The molecular formula is C23H18F2N10O7. The van der Waals surface area contributed by atoms with Crippen LogP contribution in [0.4, 0.5) is 25.2 Å². The quantitative estimate of drug-likeness (QED) is 0.134. The van der Waals surface area contributed by atoms with Gasteiger partial charge in [-0.25, -0.2) is 14.8 Å². The Labute approximate surface area is 232 Å². The van der Waals surface area contributed by atoms with E-state index in [-0.39, 0.29) is 46.8 Å². The number of halogens is 2. The number of nitrogen functional groups attached to an aromatic ring is 2. The number of aliphatic hydroxyl groups excluding tert-OH is 2. The zero-order valence-electron chi connectivity index (χ0n) is 21.0. The number of anilines is 2. The van der Waals surface area contributed by atoms with Gasteiger partial charge in [-0.05, 0) is 11.8 Å². The third-order valence-corrected chi connectivity index (χ3v) is 6.68. The van der Waals surface area contributed by atoms with E-state index in [0.29, 0.717) is 0 Å². The molecule has 2 aliphatic rings. The van der Waals surface area contributed by atoms with Crippen LogP contribution < -0.4 is 11.5 Å². The topological polar surface area (TPSA) is 234 Å². The van der Waals surface area contributed by atoms with Gasteiger partial charge in [0.15, 0.2) is 34.0 Å². The normalized spacial score (nSPS) is 29.0. The van der Waals surface area contributed by atoms with Crippen molar-refractivity contribution in [1.29, 1.82) is 0 Å². The molecule has 6 atom stereocenters. The molecule has 0 aromatic carbocycles. The van der Waals surface area contributed by atoms with Gasteiger partial charge in [-0.15, -0.1) is 12.8 Å². The van der Waals surface area contributed by atoms with Crippen LogP contribution in [0.25, 0.3) is 22.3 Å². The molecule has 0 saturated carbocycles. The summed E-state index contributed by atoms with van der Waals surface area (Å²) in [6.07, 6.45) is 3.51. The molecule has 17 nitrogen and oxygen atoms in total. The molecule has 0 aliphatic carbocycles. The van der Waals surface area contributed by atoms with Crippen LogP contribution in [-0.2, 0) is 18.9 Å². The molecule has 0 amide bonds. The highest BCUT2D eigenvalue weighted by Crippen LogP contribution is 2.42. The minimum atomic E-state index is -2.43. The van der Waals surface area contributed by atoms with Crippen LogP contribution in [0, 0.1) is 36.8 Å². The van der Waals surface area contributed by atoms with Crippen LogP contribution in [0.5, 0.6) is 0 Å². The molecule has 2 saturated heterocycles. The molecule has 0 bridgehead atoms. The molecule has 2 aliphatic heterocycles. The van der Waals surface area contributed by atoms with Gasteiger partial charge < -0.3 is 40.6 Å². The second kappa shape index (κ2) is 9.43. The van der Waals surface area contributed by atoms with E-state index in [2.05, 4.69) is 41.7 Å². The Morgan fingerprint density at radius 3 is 1.67 bits per heavy atom. The number of aromatic nitrogens is 8. The highest BCUT2D eigenvalue weighted by atomic mass is 19.1. The van der Waals surface area contributed by atoms with Crippen LogP contribution in [0.15, 0.2) is 12.7 Å². The highest BCUT2D eigenvalue weighted by Gasteiger charge is 2.56. The summed E-state index contributed by atoms with van der Waals surface area (Å²) in [7, 11) is 0. The molecule has 6 heterocycles. The third kappa shape index (κ3) is 4.07. The fourth-order valence-corrected chi connectivity index (χ4v) is 4.71. The summed E-state index contributed by atoms with van der Waals surface area (Å²) in [6.45, 7) is 0. The summed E-state index contributed by atoms with van der Waals surface area (Å²) in [5.41, 5.74) is 11.3. The van der Waals surface area contributed by atoms with Gasteiger partial charge >= 0.3 is 29.9 Å². The van der Waals surface area contributed by atoms with Crippen LogP contribution >= 0.6 is 0 Å². The second-order valence-corrected chi connectivity index (χ2v) is 9.13. The number of terminal acetylenes is 2. The Morgan fingerprint density at radius 2 is 1.29 bits per heavy atom. The number of hydrogen-bond donors (Lipinski definition) is 4. The Balaban J connectivity index is 1.22. The van der Waals surface area contributed by atoms with E-state index in [0.717, 1.165) is 0 Å². The van der Waals surface area contributed by atoms with Gasteiger partial charge in [0.25, 0.3) is 0 Å². The molecule has 0 radical (unpaired) electrons. The van der Waals surface area contributed by atoms with Gasteiger partial charge in [0.2, 0.25) is 0 Å². The molecule has 4 aromatic heterocycles. The van der Waals surface area contributed by atoms with Crippen molar-refractivity contribution in [3.63, 3.8) is 0 Å². The first-order chi connectivity index (χ1) is 20.0. The Hall–Kier alpha value is -5.21. The van der Waals surface area contributed by atoms with Crippen molar-refractivity contribution in [1.82, 2.24) is 39.0 Å². The van der Waals surface area contributed by atoms with Crippen molar-refractivity contribution in [2.24, 2.45) is 0 Å². The number of ether oxygens (including phenoxy) is 4. The minimum Gasteiger partial charge on any atom is -0.387 e. The minimum absolute atomic E-state index is 0.0495. The van der Waals surface area contributed by atoms with E-state index in [1.807, 2.05) is 0 Å². The Morgan fingerprint density at radius 1 is 0.881 bits per heavy atom. The number of nitrogens with two attached hydrogens (primary N) is 2. The van der Waals surface area contributed by atoms with Gasteiger partial charge in [0.05, 0.1) is 12.7 Å². The number of fused-ring (bicyclic) bond motifs is 2. The summed E-state index contributed by atoms with van der Waals surface area (Å²) in [5, 5.41) is 21.5. The van der Waals surface area contributed by atoms with Gasteiger partial charge in [0.1, 0.15) is 24.7 Å². The molecule has 6 unspecified atom stereocenters. The average molecular weight is 584 g/mol. The summed E-state index contributed by atoms with van der Waals surface area (Å²) in [5.74, 6) is -1.22. The number of imidazole rings is 2. The maximum absolute atomic E-state index is 13.8. The standard InChI is InChI=1S/C23H18F2N10O7/c1-3-22(9(36)5-11(39-22)34-7-28-13-15(26)30-19(24)32-17(13)34)41-21(38)42-23(4-2)10(37)6-12(40-23)35-8-29-14-16(27)31-20(25)33-18(14)35/h1-2,7-12,36-37H,5-6H2,(H2,26,30,32)(H2,27,31,33). The highest BCUT2D eigenvalue weighted by molar-refractivity contribution is 5.82. The van der Waals surface area contributed by atoms with E-state index in [9.17, 15) is 23.8 Å². The smallest absolute Gasteiger partial charge is 0.387 e. The zero-order valence-corrected chi connectivity index (χ0v) is 21.0. The molecule has 42 heavy (non-hydrogen) atoms. The largest absolute Gasteiger partial charge is 0.515 e. The van der Waals surface area contributed by atoms with E-state index in [1.54, 1.807) is 0 Å². The fraction of sp³-hybridized carbons (Fsp3) is 0.348. The lowest BCUT2D eigenvalue weighted by molar-refractivity contribution is -0.244. The number of carbonyl (C=O) groups is 1. The van der Waals surface area contributed by atoms with Crippen molar-refractivity contribution in [2.45, 2.75) is 49.1 Å². The van der Waals surface area contributed by atoms with Crippen LogP contribution in [0.1, 0.15) is 25.3 Å². The van der Waals surface area contributed by atoms with Gasteiger partial charge in [-0.2, -0.15) is 28.7 Å². The number of nitrogens with zero attached hydrogens (tertiary/aromatic N) is 8. The van der Waals surface area contributed by atoms with E-state index in [1.165, 1.54) is 21.8 Å². The number of hydrogen-bond acceptors (Lipinski definition) is 15. The zero-order chi connectivity index (χ0) is 30.0. The molecule has 216 valence electrons. The summed E-state index contributed by atoms with van der Waals surface area (Å²) >= 11 is 0. The molecule has 6 rings (SSSR count). The molecule has 6 N–H and O–H groups in total. The maximum atomic E-state index is 13.8. The lowest BCUT2D eigenvalue weighted by atomic mass is 10.1. The van der Waals surface area contributed by atoms with E-state index < -0.39 is 54.5 Å². The number of rotatable bonds is 4. The molecule has 0 spiro atoms. The average Bonchev–Trinajstić information content (AvgIpc) is 3.69. The van der Waals surface area contributed by atoms with E-state index in [4.69, 9.17) is 43.3 Å². The maximum Gasteiger partial charge on any atom is 0.515 e. The first-order valence-corrected chi connectivity index (χ1v) is 11.9. The predicted octanol–water partition coefficient (Wildman–Crippen LogP) is -0.519. The van der Waals surface area contributed by atoms with Crippen molar-refractivity contribution in [2.75, 3.05) is 11.5 Å². The van der Waals surface area contributed by atoms with Crippen LogP contribution in [-0.4, -0.2) is 79.2 Å². The summed E-state index contributed by atoms with van der Waals surface area (Å²) in [6, 6.07) is 0. The van der Waals surface area contributed by atoms with Crippen molar-refractivity contribution in [3.8, 4) is 24.7 Å². The Kier molecular flexibility index (Phi) is 6.06. The van der Waals surface area contributed by atoms with Gasteiger partial charge in [0, 0.05) is 12.8 Å². The molecule has 4 aromatic rings. The van der Waals surface area contributed by atoms with Crippen molar-refractivity contribution < 1.29 is 42.7 Å². The Bertz CT molecular complexity index is 1710. The lowest BCUT2D eigenvalue weighted by Crippen LogP contribution is -2.47. The predicted molar refractivity (Wildman–Crippen MR) is 132 cm³/mol. The molecule has 19 heteroatoms. The first-order valence-electron chi connectivity index (χ1n) is 11.9. The molecular weight excluding hydrogens is 566 g/mol. The lowest BCUT2D eigenvalue weighted by Gasteiger charge is -2.29. The number of carbonyl (C=O) groups excluding carboxylic acids is 1. The fourth-order valence-electron chi connectivity index (χ4n) is 4.71. The molecule has 2 fully saturated rings. The van der Waals surface area contributed by atoms with Crippen LogP contribution in [0.3, 0.4) is 0 Å².